The van der Waals surface area contributed by atoms with Crippen LogP contribution in [0.15, 0.2) is 23.4 Å². The highest BCUT2D eigenvalue weighted by atomic mass is 14.8. The van der Waals surface area contributed by atoms with E-state index in [0.29, 0.717) is 6.54 Å². The van der Waals surface area contributed by atoms with Crippen molar-refractivity contribution in [3.05, 3.63) is 23.4 Å². The van der Waals surface area contributed by atoms with Crippen molar-refractivity contribution in [1.29, 1.82) is 0 Å². The fraction of sp³-hybridized carbons (Fsp3) is 0.500. The molecule has 0 aromatic heterocycles. The predicted octanol–water partition coefficient (Wildman–Crippen LogP) is 0.769. The van der Waals surface area contributed by atoms with Crippen LogP contribution in [0.3, 0.4) is 0 Å². The van der Waals surface area contributed by atoms with Gasteiger partial charge in [-0.3, -0.25) is 0 Å². The molecule has 0 aliphatic heterocycles. The van der Waals surface area contributed by atoms with E-state index in [1.54, 1.807) is 0 Å². The van der Waals surface area contributed by atoms with Crippen molar-refractivity contribution in [3.8, 4) is 0 Å². The van der Waals surface area contributed by atoms with Crippen molar-refractivity contribution in [2.45, 2.75) is 12.8 Å². The molecule has 0 amide bonds. The lowest BCUT2D eigenvalue weighted by Crippen LogP contribution is -2.16. The number of likely N-dealkylation sites (N-methyl/N-ethyl adjacent to an activating group) is 1. The largest absolute Gasteiger partial charge is 0.388 e. The number of nitrogens with two attached hydrogens (primary N) is 1. The molecule has 0 saturated heterocycles. The Hall–Kier alpha value is -0.760. The normalized spacial score (nSPS) is 17.8. The first kappa shape index (κ1) is 7.35. The maximum Gasteiger partial charge on any atom is 0.0339 e. The van der Waals surface area contributed by atoms with Crippen molar-refractivity contribution in [2.24, 2.45) is 5.73 Å². The van der Waals surface area contributed by atoms with Gasteiger partial charge in [0.15, 0.2) is 0 Å². The maximum atomic E-state index is 5.52. The fourth-order valence-corrected chi connectivity index (χ4v) is 1.18. The summed E-state index contributed by atoms with van der Waals surface area (Å²) in [4.78, 5) is 0. The van der Waals surface area contributed by atoms with Gasteiger partial charge in [-0.2, -0.15) is 0 Å². The van der Waals surface area contributed by atoms with Crippen LogP contribution in [0.2, 0.25) is 0 Å². The molecule has 0 bridgehead atoms. The average Bonchev–Trinajstić information content (AvgIpc) is 2.04. The zero-order chi connectivity index (χ0) is 7.40. The number of allylic oxidation sites excluding steroid dienone is 2. The lowest BCUT2D eigenvalue weighted by Gasteiger charge is -2.13. The Kier molecular flexibility index (Phi) is 2.51. The molecule has 1 rings (SSSR count). The Morgan fingerprint density at radius 3 is 2.70 bits per heavy atom. The van der Waals surface area contributed by atoms with E-state index >= 15 is 0 Å². The van der Waals surface area contributed by atoms with E-state index < -0.39 is 0 Å². The molecule has 3 N–H and O–H groups in total. The number of nitrogens with one attached hydrogen (secondary N) is 1. The van der Waals surface area contributed by atoms with Crippen molar-refractivity contribution < 1.29 is 0 Å². The van der Waals surface area contributed by atoms with Gasteiger partial charge in [-0.25, -0.2) is 0 Å². The molecule has 10 heavy (non-hydrogen) atoms. The standard InChI is InChI=1S/C8H14N2/c1-10-8-5-3-2-4-7(8)6-9/h4-5,10H,2-3,6,9H2,1H3. The van der Waals surface area contributed by atoms with Gasteiger partial charge in [-0.15, -0.1) is 0 Å². The zero-order valence-corrected chi connectivity index (χ0v) is 6.35. The number of hydrogen-bond donors (Lipinski definition) is 2. The lowest BCUT2D eigenvalue weighted by atomic mass is 10.0. The van der Waals surface area contributed by atoms with Crippen molar-refractivity contribution in [2.75, 3.05) is 13.6 Å². The van der Waals surface area contributed by atoms with Gasteiger partial charge < -0.3 is 11.1 Å². The monoisotopic (exact) mass is 138 g/mol. The third-order valence-electron chi connectivity index (χ3n) is 1.74. The predicted molar refractivity (Wildman–Crippen MR) is 43.5 cm³/mol. The van der Waals surface area contributed by atoms with Gasteiger partial charge >= 0.3 is 0 Å². The van der Waals surface area contributed by atoms with Crippen LogP contribution >= 0.6 is 0 Å². The van der Waals surface area contributed by atoms with Gasteiger partial charge in [0, 0.05) is 19.3 Å². The molecule has 56 valence electrons. The Morgan fingerprint density at radius 2 is 2.20 bits per heavy atom. The van der Waals surface area contributed by atoms with Gasteiger partial charge in [0.1, 0.15) is 0 Å². The first-order valence-corrected chi connectivity index (χ1v) is 3.66. The molecule has 0 aromatic carbocycles. The molecule has 0 radical (unpaired) electrons. The second-order valence-electron chi connectivity index (χ2n) is 2.38. The van der Waals surface area contributed by atoms with Crippen LogP contribution in [-0.4, -0.2) is 13.6 Å². The van der Waals surface area contributed by atoms with E-state index in [2.05, 4.69) is 17.5 Å². The topological polar surface area (TPSA) is 38.0 Å². The van der Waals surface area contributed by atoms with Crippen LogP contribution < -0.4 is 11.1 Å². The van der Waals surface area contributed by atoms with Gasteiger partial charge in [0.05, 0.1) is 0 Å². The van der Waals surface area contributed by atoms with Gasteiger partial charge in [0.2, 0.25) is 0 Å². The molecule has 1 aliphatic carbocycles. The SMILES string of the molecule is CNC1=CCCC=C1CN. The van der Waals surface area contributed by atoms with Gasteiger partial charge in [-0.1, -0.05) is 12.2 Å². The molecule has 0 saturated carbocycles. The van der Waals surface area contributed by atoms with E-state index in [9.17, 15) is 0 Å². The minimum absolute atomic E-state index is 0.646. The lowest BCUT2D eigenvalue weighted by molar-refractivity contribution is 0.888. The Balaban J connectivity index is 2.67. The summed E-state index contributed by atoms with van der Waals surface area (Å²) in [6.45, 7) is 0.646. The minimum Gasteiger partial charge on any atom is -0.388 e. The van der Waals surface area contributed by atoms with Gasteiger partial charge in [0.25, 0.3) is 0 Å². The summed E-state index contributed by atoms with van der Waals surface area (Å²) < 4.78 is 0. The van der Waals surface area contributed by atoms with E-state index in [0.717, 1.165) is 12.8 Å². The Labute approximate surface area is 61.8 Å². The fourth-order valence-electron chi connectivity index (χ4n) is 1.18. The average molecular weight is 138 g/mol. The third-order valence-corrected chi connectivity index (χ3v) is 1.74. The highest BCUT2D eigenvalue weighted by molar-refractivity contribution is 5.32. The van der Waals surface area contributed by atoms with E-state index in [-0.39, 0.29) is 0 Å². The quantitative estimate of drug-likeness (QED) is 0.591. The van der Waals surface area contributed by atoms with Gasteiger partial charge in [-0.05, 0) is 18.4 Å². The summed E-state index contributed by atoms with van der Waals surface area (Å²) in [6.07, 6.45) is 6.67. The molecule has 0 spiro atoms. The zero-order valence-electron chi connectivity index (χ0n) is 6.35. The van der Waals surface area contributed by atoms with Crippen molar-refractivity contribution >= 4 is 0 Å². The second-order valence-corrected chi connectivity index (χ2v) is 2.38. The Morgan fingerprint density at radius 1 is 1.50 bits per heavy atom. The molecule has 0 unspecified atom stereocenters. The molecule has 0 atom stereocenters. The molecule has 0 fully saturated rings. The second kappa shape index (κ2) is 3.42. The summed E-state index contributed by atoms with van der Waals surface area (Å²) in [6, 6.07) is 0. The summed E-state index contributed by atoms with van der Waals surface area (Å²) in [5.74, 6) is 0. The van der Waals surface area contributed by atoms with E-state index in [1.807, 2.05) is 7.05 Å². The van der Waals surface area contributed by atoms with Crippen LogP contribution in [0.4, 0.5) is 0 Å². The highest BCUT2D eigenvalue weighted by Crippen LogP contribution is 2.14. The molecule has 1 aliphatic rings. The van der Waals surface area contributed by atoms with Crippen LogP contribution in [0, 0.1) is 0 Å². The van der Waals surface area contributed by atoms with Crippen LogP contribution in [0.5, 0.6) is 0 Å². The van der Waals surface area contributed by atoms with Crippen LogP contribution in [0.25, 0.3) is 0 Å². The molecule has 2 nitrogen and oxygen atoms in total. The summed E-state index contributed by atoms with van der Waals surface area (Å²) >= 11 is 0. The number of hydrogen-bond acceptors (Lipinski definition) is 2. The highest BCUT2D eigenvalue weighted by Gasteiger charge is 2.03. The smallest absolute Gasteiger partial charge is 0.0339 e. The first-order valence-electron chi connectivity index (χ1n) is 3.66. The maximum absolute atomic E-state index is 5.52. The summed E-state index contributed by atoms with van der Waals surface area (Å²) in [7, 11) is 1.93. The van der Waals surface area contributed by atoms with Crippen molar-refractivity contribution in [1.82, 2.24) is 5.32 Å². The summed E-state index contributed by atoms with van der Waals surface area (Å²) in [5, 5.41) is 3.12. The molecular weight excluding hydrogens is 124 g/mol. The molecule has 2 heteroatoms. The molecular formula is C8H14N2. The number of rotatable bonds is 2. The first-order chi connectivity index (χ1) is 4.88. The molecule has 0 heterocycles. The molecule has 0 aromatic rings. The Bertz CT molecular complexity index is 148. The van der Waals surface area contributed by atoms with Crippen molar-refractivity contribution in [3.63, 3.8) is 0 Å². The van der Waals surface area contributed by atoms with Crippen LogP contribution in [0.1, 0.15) is 12.8 Å². The van der Waals surface area contributed by atoms with E-state index in [4.69, 9.17) is 5.73 Å². The van der Waals surface area contributed by atoms with E-state index in [1.165, 1.54) is 11.3 Å². The van der Waals surface area contributed by atoms with Crippen LogP contribution in [-0.2, 0) is 0 Å². The summed E-state index contributed by atoms with van der Waals surface area (Å²) in [5.41, 5.74) is 7.97. The minimum atomic E-state index is 0.646. The third kappa shape index (κ3) is 1.39.